The van der Waals surface area contributed by atoms with Crippen LogP contribution in [0.25, 0.3) is 0 Å². The Balaban J connectivity index is 1.96. The Bertz CT molecular complexity index is 485. The number of ether oxygens (including phenoxy) is 1. The Morgan fingerprint density at radius 2 is 2.25 bits per heavy atom. The lowest BCUT2D eigenvalue weighted by Crippen LogP contribution is -2.39. The van der Waals surface area contributed by atoms with E-state index >= 15 is 0 Å². The van der Waals surface area contributed by atoms with E-state index in [0.717, 1.165) is 12.8 Å². The number of carboxylic acid groups (broad SMARTS) is 1. The second-order valence-electron chi connectivity index (χ2n) is 4.58. The van der Waals surface area contributed by atoms with E-state index in [1.165, 1.54) is 18.3 Å². The molecular formula is C13H17N3O4. The Kier molecular flexibility index (Phi) is 4.52. The largest absolute Gasteiger partial charge is 0.477 e. The van der Waals surface area contributed by atoms with E-state index in [9.17, 15) is 9.59 Å². The summed E-state index contributed by atoms with van der Waals surface area (Å²) in [5.41, 5.74) is 0.421. The molecule has 0 spiro atoms. The number of hydrogen-bond donors (Lipinski definition) is 2. The van der Waals surface area contributed by atoms with E-state index in [1.54, 1.807) is 12.0 Å². The number of urea groups is 1. The molecule has 108 valence electrons. The molecule has 1 aliphatic rings. The van der Waals surface area contributed by atoms with Crippen LogP contribution in [0.5, 0.6) is 0 Å². The molecule has 7 nitrogen and oxygen atoms in total. The van der Waals surface area contributed by atoms with Crippen LogP contribution in [0.4, 0.5) is 10.5 Å². The Labute approximate surface area is 116 Å². The second-order valence-corrected chi connectivity index (χ2v) is 4.58. The molecule has 2 amide bonds. The number of amides is 2. The molecule has 0 aliphatic heterocycles. The summed E-state index contributed by atoms with van der Waals surface area (Å²) in [6.45, 7) is 1.02. The maximum Gasteiger partial charge on any atom is 0.354 e. The maximum absolute atomic E-state index is 12.1. The molecule has 1 fully saturated rings. The average molecular weight is 279 g/mol. The number of nitrogens with zero attached hydrogens (tertiary/aromatic N) is 2. The highest BCUT2D eigenvalue weighted by atomic mass is 16.5. The first kappa shape index (κ1) is 14.3. The maximum atomic E-state index is 12.1. The first-order valence-corrected chi connectivity index (χ1v) is 6.37. The van der Waals surface area contributed by atoms with Gasteiger partial charge in [-0.3, -0.25) is 0 Å². The number of hydrogen-bond acceptors (Lipinski definition) is 4. The molecule has 20 heavy (non-hydrogen) atoms. The van der Waals surface area contributed by atoms with E-state index < -0.39 is 5.97 Å². The zero-order chi connectivity index (χ0) is 14.5. The van der Waals surface area contributed by atoms with Gasteiger partial charge in [0, 0.05) is 19.7 Å². The number of carbonyl (C=O) groups excluding carboxylic acids is 1. The summed E-state index contributed by atoms with van der Waals surface area (Å²) in [7, 11) is 1.59. The van der Waals surface area contributed by atoms with Gasteiger partial charge >= 0.3 is 12.0 Å². The summed E-state index contributed by atoms with van der Waals surface area (Å²) in [6.07, 6.45) is 3.35. The monoisotopic (exact) mass is 279 g/mol. The standard InChI is InChI=1S/C13H17N3O4/c1-20-7-6-16(10-3-4-10)13(19)15-9-2-5-11(12(17)18)14-8-9/h2,5,8,10H,3-4,6-7H2,1H3,(H,15,19)(H,17,18). The fraction of sp³-hybridized carbons (Fsp3) is 0.462. The smallest absolute Gasteiger partial charge is 0.354 e. The SMILES string of the molecule is COCCN(C(=O)Nc1ccc(C(=O)O)nc1)C1CC1. The number of aromatic carboxylic acids is 1. The fourth-order valence-electron chi connectivity index (χ4n) is 1.82. The molecule has 0 unspecified atom stereocenters. The molecule has 1 saturated carbocycles. The van der Waals surface area contributed by atoms with Crippen LogP contribution in [0.15, 0.2) is 18.3 Å². The van der Waals surface area contributed by atoms with E-state index in [-0.39, 0.29) is 17.8 Å². The topological polar surface area (TPSA) is 91.8 Å². The quantitative estimate of drug-likeness (QED) is 0.821. The van der Waals surface area contributed by atoms with Gasteiger partial charge in [-0.1, -0.05) is 0 Å². The predicted octanol–water partition coefficient (Wildman–Crippen LogP) is 1.42. The summed E-state index contributed by atoms with van der Waals surface area (Å²) < 4.78 is 4.99. The highest BCUT2D eigenvalue weighted by molar-refractivity contribution is 5.90. The van der Waals surface area contributed by atoms with Crippen molar-refractivity contribution in [2.24, 2.45) is 0 Å². The van der Waals surface area contributed by atoms with Crippen LogP contribution in [-0.2, 0) is 4.74 Å². The predicted molar refractivity (Wildman–Crippen MR) is 71.8 cm³/mol. The number of rotatable bonds is 6. The number of aromatic nitrogens is 1. The lowest BCUT2D eigenvalue weighted by atomic mass is 10.3. The minimum absolute atomic E-state index is 0.0542. The molecule has 0 radical (unpaired) electrons. The molecule has 7 heteroatoms. The Morgan fingerprint density at radius 1 is 1.50 bits per heavy atom. The molecule has 2 rings (SSSR count). The molecule has 0 saturated heterocycles. The van der Waals surface area contributed by atoms with Crippen LogP contribution in [0.2, 0.25) is 0 Å². The summed E-state index contributed by atoms with van der Waals surface area (Å²) >= 11 is 0. The number of carbonyl (C=O) groups is 2. The van der Waals surface area contributed by atoms with Gasteiger partial charge in [0.1, 0.15) is 5.69 Å². The molecule has 1 aromatic heterocycles. The van der Waals surface area contributed by atoms with Crippen LogP contribution in [0.1, 0.15) is 23.3 Å². The Hall–Kier alpha value is -2.15. The van der Waals surface area contributed by atoms with E-state index in [2.05, 4.69) is 10.3 Å². The van der Waals surface area contributed by atoms with E-state index in [4.69, 9.17) is 9.84 Å². The van der Waals surface area contributed by atoms with Crippen molar-refractivity contribution >= 4 is 17.7 Å². The number of carboxylic acids is 1. The molecule has 1 aliphatic carbocycles. The molecule has 1 heterocycles. The summed E-state index contributed by atoms with van der Waals surface area (Å²) in [5.74, 6) is -1.09. The van der Waals surface area contributed by atoms with Gasteiger partial charge in [0.05, 0.1) is 18.5 Å². The zero-order valence-corrected chi connectivity index (χ0v) is 11.2. The van der Waals surface area contributed by atoms with Crippen molar-refractivity contribution in [2.75, 3.05) is 25.6 Å². The van der Waals surface area contributed by atoms with Gasteiger partial charge in [-0.2, -0.15) is 0 Å². The van der Waals surface area contributed by atoms with Crippen LogP contribution < -0.4 is 5.32 Å². The van der Waals surface area contributed by atoms with Gasteiger partial charge in [0.15, 0.2) is 0 Å². The highest BCUT2D eigenvalue weighted by Gasteiger charge is 2.32. The van der Waals surface area contributed by atoms with Gasteiger partial charge in [-0.25, -0.2) is 14.6 Å². The minimum atomic E-state index is -1.09. The van der Waals surface area contributed by atoms with Crippen molar-refractivity contribution in [3.05, 3.63) is 24.0 Å². The number of methoxy groups -OCH3 is 1. The average Bonchev–Trinajstić information content (AvgIpc) is 3.24. The molecule has 1 aromatic rings. The van der Waals surface area contributed by atoms with Gasteiger partial charge < -0.3 is 20.1 Å². The van der Waals surface area contributed by atoms with Crippen molar-refractivity contribution in [3.63, 3.8) is 0 Å². The number of anilines is 1. The van der Waals surface area contributed by atoms with Crippen LogP contribution >= 0.6 is 0 Å². The third-order valence-electron chi connectivity index (χ3n) is 3.02. The summed E-state index contributed by atoms with van der Waals surface area (Å²) in [6, 6.07) is 2.94. The summed E-state index contributed by atoms with van der Waals surface area (Å²) in [5, 5.41) is 11.5. The minimum Gasteiger partial charge on any atom is -0.477 e. The number of pyridine rings is 1. The van der Waals surface area contributed by atoms with Crippen LogP contribution in [0, 0.1) is 0 Å². The molecule has 0 bridgehead atoms. The molecule has 0 atom stereocenters. The lowest BCUT2D eigenvalue weighted by molar-refractivity contribution is 0.0690. The van der Waals surface area contributed by atoms with Crippen LogP contribution in [0.3, 0.4) is 0 Å². The van der Waals surface area contributed by atoms with Crippen molar-refractivity contribution in [1.29, 1.82) is 0 Å². The van der Waals surface area contributed by atoms with Gasteiger partial charge in [0.2, 0.25) is 0 Å². The van der Waals surface area contributed by atoms with Gasteiger partial charge in [0.25, 0.3) is 0 Å². The third kappa shape index (κ3) is 3.67. The zero-order valence-electron chi connectivity index (χ0n) is 11.2. The highest BCUT2D eigenvalue weighted by Crippen LogP contribution is 2.27. The Morgan fingerprint density at radius 3 is 2.75 bits per heavy atom. The first-order valence-electron chi connectivity index (χ1n) is 6.37. The molecule has 2 N–H and O–H groups in total. The third-order valence-corrected chi connectivity index (χ3v) is 3.02. The normalized spacial score (nSPS) is 13.8. The molecule has 0 aromatic carbocycles. The van der Waals surface area contributed by atoms with Gasteiger partial charge in [-0.05, 0) is 25.0 Å². The number of nitrogens with one attached hydrogen (secondary N) is 1. The lowest BCUT2D eigenvalue weighted by Gasteiger charge is -2.22. The summed E-state index contributed by atoms with van der Waals surface area (Å²) in [4.78, 5) is 28.3. The van der Waals surface area contributed by atoms with Crippen molar-refractivity contribution in [2.45, 2.75) is 18.9 Å². The second kappa shape index (κ2) is 6.33. The molecular weight excluding hydrogens is 262 g/mol. The van der Waals surface area contributed by atoms with Crippen molar-refractivity contribution < 1.29 is 19.4 Å². The fourth-order valence-corrected chi connectivity index (χ4v) is 1.82. The first-order chi connectivity index (χ1) is 9.61. The van der Waals surface area contributed by atoms with E-state index in [1.807, 2.05) is 0 Å². The van der Waals surface area contributed by atoms with Crippen molar-refractivity contribution in [3.8, 4) is 0 Å². The van der Waals surface area contributed by atoms with Crippen LogP contribution in [-0.4, -0.2) is 53.3 Å². The van der Waals surface area contributed by atoms with Gasteiger partial charge in [-0.15, -0.1) is 0 Å². The van der Waals surface area contributed by atoms with E-state index in [0.29, 0.717) is 18.8 Å². The van der Waals surface area contributed by atoms with Crippen molar-refractivity contribution in [1.82, 2.24) is 9.88 Å².